The predicted molar refractivity (Wildman–Crippen MR) is 88.4 cm³/mol. The van der Waals surface area contributed by atoms with Gasteiger partial charge in [-0.25, -0.2) is 0 Å². The van der Waals surface area contributed by atoms with Crippen molar-refractivity contribution in [2.24, 2.45) is 0 Å². The molecular weight excluding hydrogens is 366 g/mol. The van der Waals surface area contributed by atoms with Gasteiger partial charge in [-0.05, 0) is 52.7 Å². The van der Waals surface area contributed by atoms with E-state index in [9.17, 15) is 4.79 Å². The second-order valence-electron chi connectivity index (χ2n) is 4.76. The summed E-state index contributed by atoms with van der Waals surface area (Å²) in [5.74, 6) is 1.49. The molecule has 1 unspecified atom stereocenters. The van der Waals surface area contributed by atoms with Crippen molar-refractivity contribution in [2.75, 3.05) is 21.3 Å². The van der Waals surface area contributed by atoms with Crippen LogP contribution in [0.15, 0.2) is 33.4 Å². The Labute approximate surface area is 142 Å². The average molecular weight is 384 g/mol. The first-order valence-electron chi connectivity index (χ1n) is 6.86. The summed E-state index contributed by atoms with van der Waals surface area (Å²) in [4.78, 5) is 12.2. The molecule has 0 aliphatic heterocycles. The highest BCUT2D eigenvalue weighted by Gasteiger charge is 2.19. The smallest absolute Gasteiger partial charge is 0.287 e. The molecule has 124 valence electrons. The first kappa shape index (κ1) is 17.2. The zero-order chi connectivity index (χ0) is 17.0. The van der Waals surface area contributed by atoms with Gasteiger partial charge < -0.3 is 23.9 Å². The van der Waals surface area contributed by atoms with Gasteiger partial charge >= 0.3 is 0 Å². The minimum Gasteiger partial charge on any atom is -0.493 e. The van der Waals surface area contributed by atoms with Crippen LogP contribution in [0.5, 0.6) is 17.2 Å². The fourth-order valence-electron chi connectivity index (χ4n) is 2.14. The van der Waals surface area contributed by atoms with E-state index in [1.54, 1.807) is 45.6 Å². The Morgan fingerprint density at radius 1 is 1.13 bits per heavy atom. The summed E-state index contributed by atoms with van der Waals surface area (Å²) in [6, 6.07) is 6.58. The normalized spacial score (nSPS) is 11.7. The number of hydrogen-bond acceptors (Lipinski definition) is 5. The van der Waals surface area contributed by atoms with Gasteiger partial charge in [0.1, 0.15) is 0 Å². The van der Waals surface area contributed by atoms with Gasteiger partial charge in [-0.1, -0.05) is 0 Å². The first-order valence-corrected chi connectivity index (χ1v) is 7.65. The molecule has 0 saturated heterocycles. The van der Waals surface area contributed by atoms with E-state index in [4.69, 9.17) is 18.6 Å². The Kier molecular flexibility index (Phi) is 5.54. The highest BCUT2D eigenvalue weighted by atomic mass is 79.9. The number of furan rings is 1. The first-order chi connectivity index (χ1) is 11.0. The van der Waals surface area contributed by atoms with Crippen molar-refractivity contribution in [3.8, 4) is 17.2 Å². The Hall–Kier alpha value is -2.15. The molecular formula is C16H18BrNO5. The van der Waals surface area contributed by atoms with Crippen LogP contribution < -0.4 is 19.5 Å². The van der Waals surface area contributed by atoms with E-state index in [1.165, 1.54) is 0 Å². The molecule has 1 N–H and O–H groups in total. The summed E-state index contributed by atoms with van der Waals surface area (Å²) in [7, 11) is 4.63. The molecule has 0 aliphatic rings. The molecule has 6 nitrogen and oxygen atoms in total. The zero-order valence-corrected chi connectivity index (χ0v) is 14.9. The van der Waals surface area contributed by atoms with Crippen molar-refractivity contribution in [3.05, 3.63) is 40.3 Å². The molecule has 23 heavy (non-hydrogen) atoms. The molecule has 2 aromatic rings. The van der Waals surface area contributed by atoms with Gasteiger partial charge in [-0.3, -0.25) is 4.79 Å². The molecule has 1 atom stereocenters. The fourth-order valence-corrected chi connectivity index (χ4v) is 2.45. The number of carbonyl (C=O) groups excluding carboxylic acids is 1. The third-order valence-corrected chi connectivity index (χ3v) is 3.76. The number of amides is 1. The standard InChI is InChI=1S/C16H18BrNO5/c1-9(18-16(19)11-5-6-14(17)23-11)10-7-12(20-2)15(22-4)13(8-10)21-3/h5-9H,1-4H3,(H,18,19). The average Bonchev–Trinajstić information content (AvgIpc) is 2.99. The molecule has 0 radical (unpaired) electrons. The Morgan fingerprint density at radius 2 is 1.74 bits per heavy atom. The molecule has 0 saturated carbocycles. The lowest BCUT2D eigenvalue weighted by molar-refractivity contribution is 0.0910. The number of halogens is 1. The maximum atomic E-state index is 12.2. The highest BCUT2D eigenvalue weighted by Crippen LogP contribution is 2.39. The number of carbonyl (C=O) groups is 1. The van der Waals surface area contributed by atoms with E-state index in [0.29, 0.717) is 21.9 Å². The Morgan fingerprint density at radius 3 is 2.17 bits per heavy atom. The molecule has 1 aromatic carbocycles. The SMILES string of the molecule is COc1cc(C(C)NC(=O)c2ccc(Br)o2)cc(OC)c1OC. The molecule has 1 heterocycles. The molecule has 0 fully saturated rings. The minimum atomic E-state index is -0.308. The molecule has 2 rings (SSSR count). The molecule has 7 heteroatoms. The van der Waals surface area contributed by atoms with Crippen LogP contribution in [-0.4, -0.2) is 27.2 Å². The topological polar surface area (TPSA) is 69.9 Å². The van der Waals surface area contributed by atoms with Gasteiger partial charge in [-0.2, -0.15) is 0 Å². The van der Waals surface area contributed by atoms with E-state index in [2.05, 4.69) is 21.2 Å². The van der Waals surface area contributed by atoms with Gasteiger partial charge in [0.25, 0.3) is 5.91 Å². The lowest BCUT2D eigenvalue weighted by Gasteiger charge is -2.18. The van der Waals surface area contributed by atoms with Gasteiger partial charge in [0.05, 0.1) is 27.4 Å². The van der Waals surface area contributed by atoms with Crippen LogP contribution in [0.4, 0.5) is 0 Å². The minimum absolute atomic E-state index is 0.233. The van der Waals surface area contributed by atoms with Gasteiger partial charge in [0.15, 0.2) is 21.9 Å². The number of hydrogen-bond donors (Lipinski definition) is 1. The maximum absolute atomic E-state index is 12.2. The summed E-state index contributed by atoms with van der Waals surface area (Å²) >= 11 is 3.17. The third kappa shape index (κ3) is 3.79. The number of nitrogens with one attached hydrogen (secondary N) is 1. The Balaban J connectivity index is 2.25. The van der Waals surface area contributed by atoms with Crippen molar-refractivity contribution in [2.45, 2.75) is 13.0 Å². The zero-order valence-electron chi connectivity index (χ0n) is 13.3. The summed E-state index contributed by atoms with van der Waals surface area (Å²) in [5.41, 5.74) is 0.818. The molecule has 0 spiro atoms. The fraction of sp³-hybridized carbons (Fsp3) is 0.312. The van der Waals surface area contributed by atoms with Crippen LogP contribution in [0.3, 0.4) is 0 Å². The van der Waals surface area contributed by atoms with Gasteiger partial charge in [0.2, 0.25) is 5.75 Å². The van der Waals surface area contributed by atoms with Crippen LogP contribution >= 0.6 is 15.9 Å². The van der Waals surface area contributed by atoms with Crippen LogP contribution in [0.2, 0.25) is 0 Å². The van der Waals surface area contributed by atoms with Crippen LogP contribution in [0, 0.1) is 0 Å². The van der Waals surface area contributed by atoms with Crippen LogP contribution in [0.25, 0.3) is 0 Å². The van der Waals surface area contributed by atoms with Crippen molar-refractivity contribution in [1.29, 1.82) is 0 Å². The largest absolute Gasteiger partial charge is 0.493 e. The second-order valence-corrected chi connectivity index (χ2v) is 5.54. The third-order valence-electron chi connectivity index (χ3n) is 3.33. The van der Waals surface area contributed by atoms with Gasteiger partial charge in [-0.15, -0.1) is 0 Å². The monoisotopic (exact) mass is 383 g/mol. The van der Waals surface area contributed by atoms with E-state index >= 15 is 0 Å². The molecule has 1 amide bonds. The van der Waals surface area contributed by atoms with Crippen LogP contribution in [-0.2, 0) is 0 Å². The lowest BCUT2D eigenvalue weighted by atomic mass is 10.1. The molecule has 0 aliphatic carbocycles. The summed E-state index contributed by atoms with van der Waals surface area (Å²) in [6.45, 7) is 1.86. The van der Waals surface area contributed by atoms with Crippen molar-refractivity contribution >= 4 is 21.8 Å². The summed E-state index contributed by atoms with van der Waals surface area (Å²) < 4.78 is 21.7. The van der Waals surface area contributed by atoms with Crippen molar-refractivity contribution in [1.82, 2.24) is 5.32 Å². The van der Waals surface area contributed by atoms with E-state index in [1.807, 2.05) is 6.92 Å². The van der Waals surface area contributed by atoms with Crippen molar-refractivity contribution in [3.63, 3.8) is 0 Å². The summed E-state index contributed by atoms with van der Waals surface area (Å²) in [6.07, 6.45) is 0. The highest BCUT2D eigenvalue weighted by molar-refractivity contribution is 9.10. The second kappa shape index (κ2) is 7.41. The molecule has 0 bridgehead atoms. The molecule has 1 aromatic heterocycles. The number of ether oxygens (including phenoxy) is 3. The number of rotatable bonds is 6. The van der Waals surface area contributed by atoms with E-state index in [0.717, 1.165) is 5.56 Å². The summed E-state index contributed by atoms with van der Waals surface area (Å²) in [5, 5.41) is 2.86. The number of methoxy groups -OCH3 is 3. The van der Waals surface area contributed by atoms with E-state index < -0.39 is 0 Å². The predicted octanol–water partition coefficient (Wildman–Crippen LogP) is 3.56. The van der Waals surface area contributed by atoms with E-state index in [-0.39, 0.29) is 17.7 Å². The number of benzene rings is 1. The quantitative estimate of drug-likeness (QED) is 0.825. The maximum Gasteiger partial charge on any atom is 0.287 e. The lowest BCUT2D eigenvalue weighted by Crippen LogP contribution is -2.26. The van der Waals surface area contributed by atoms with Crippen molar-refractivity contribution < 1.29 is 23.4 Å². The Bertz CT molecular complexity index is 673. The van der Waals surface area contributed by atoms with Gasteiger partial charge in [0, 0.05) is 0 Å². The van der Waals surface area contributed by atoms with Crippen LogP contribution in [0.1, 0.15) is 29.1 Å².